The molecule has 0 aliphatic carbocycles. The molecule has 11 nitrogen and oxygen atoms in total. The predicted molar refractivity (Wildman–Crippen MR) is 145 cm³/mol. The minimum atomic E-state index is -3.09. The number of nitrogens with zero attached hydrogens (tertiary/aromatic N) is 1. The van der Waals surface area contributed by atoms with E-state index in [4.69, 9.17) is 0 Å². The number of alkyl halides is 1. The van der Waals surface area contributed by atoms with Crippen molar-refractivity contribution in [2.75, 3.05) is 13.6 Å². The van der Waals surface area contributed by atoms with Gasteiger partial charge in [0.1, 0.15) is 18.5 Å². The molecule has 1 aliphatic heterocycles. The Kier molecular flexibility index (Phi) is 11.5. The third kappa shape index (κ3) is 7.96. The molecule has 0 spiro atoms. The van der Waals surface area contributed by atoms with E-state index in [1.54, 1.807) is 44.2 Å². The lowest BCUT2D eigenvalue weighted by molar-refractivity contribution is -0.145. The summed E-state index contributed by atoms with van der Waals surface area (Å²) in [7, 11) is 1.39. The lowest BCUT2D eigenvalue weighted by atomic mass is 9.94. The largest absolute Gasteiger partial charge is 0.359 e. The quantitative estimate of drug-likeness (QED) is 0.204. The second-order valence-corrected chi connectivity index (χ2v) is 10.0. The number of Topliss-reactive ketones (excluding diaryl/α,β-unsaturated/α-hetero) is 1. The van der Waals surface area contributed by atoms with Gasteiger partial charge in [-0.05, 0) is 37.3 Å². The molecule has 1 heterocycles. The van der Waals surface area contributed by atoms with E-state index >= 15 is 4.39 Å². The fourth-order valence-electron chi connectivity index (χ4n) is 4.36. The van der Waals surface area contributed by atoms with Gasteiger partial charge in [-0.15, -0.1) is 0 Å². The van der Waals surface area contributed by atoms with Crippen LogP contribution in [-0.4, -0.2) is 77.6 Å². The number of likely N-dealkylation sites (tertiary alicyclic amines) is 1. The first-order valence-electron chi connectivity index (χ1n) is 13.2. The van der Waals surface area contributed by atoms with Crippen molar-refractivity contribution in [3.63, 3.8) is 0 Å². The van der Waals surface area contributed by atoms with Gasteiger partial charge in [-0.3, -0.25) is 28.8 Å². The molecule has 4 atom stereocenters. The van der Waals surface area contributed by atoms with E-state index in [2.05, 4.69) is 27.8 Å². The minimum absolute atomic E-state index is 0.0109. The molecule has 2 unspecified atom stereocenters. The summed E-state index contributed by atoms with van der Waals surface area (Å²) in [5, 5.41) is 9.70. The summed E-state index contributed by atoms with van der Waals surface area (Å²) in [4.78, 5) is 77.1. The predicted octanol–water partition coefficient (Wildman–Crippen LogP) is 0.539. The van der Waals surface area contributed by atoms with Gasteiger partial charge < -0.3 is 26.2 Å². The molecule has 2 rings (SSSR count). The van der Waals surface area contributed by atoms with Crippen molar-refractivity contribution in [2.45, 2.75) is 70.4 Å². The Morgan fingerprint density at radius 1 is 1.07 bits per heavy atom. The van der Waals surface area contributed by atoms with Crippen LogP contribution in [0.25, 0.3) is 0 Å². The smallest absolute Gasteiger partial charge is 0.269 e. The number of ketones is 1. The highest BCUT2D eigenvalue weighted by atomic mass is 19.1. The number of hydrogen-bond donors (Lipinski definition) is 4. The SMILES string of the molecule is C=CC(F)(C(=O)NCc1ccccc1)C(=O)[C@H](C)NC(=O)C1CCCN1C(=O)[C@@H](NC(=O)CC(=O)NC)C(C)C. The topological polar surface area (TPSA) is 154 Å². The van der Waals surface area contributed by atoms with E-state index in [1.807, 2.05) is 0 Å². The maximum atomic E-state index is 15.6. The molecule has 12 heteroatoms. The van der Waals surface area contributed by atoms with Crippen LogP contribution in [0.15, 0.2) is 43.0 Å². The molecule has 1 saturated heterocycles. The standard InChI is InChI=1S/C28H38FN5O6/c1-6-28(29,27(40)31-16-19-11-8-7-9-12-19)24(37)18(4)32-25(38)20-13-10-14-34(20)26(39)23(17(2)3)33-22(36)15-21(35)30-5/h6-9,11-12,17-18,20,23H,1,10,13-16H2,2-5H3,(H,30,35)(H,31,40)(H,32,38)(H,33,36)/t18-,20?,23-,28?/m0/s1. The number of amides is 5. The maximum Gasteiger partial charge on any atom is 0.269 e. The van der Waals surface area contributed by atoms with Crippen LogP contribution in [0, 0.1) is 5.92 Å². The van der Waals surface area contributed by atoms with Crippen LogP contribution >= 0.6 is 0 Å². The van der Waals surface area contributed by atoms with Gasteiger partial charge in [-0.25, -0.2) is 4.39 Å². The van der Waals surface area contributed by atoms with Crippen molar-refractivity contribution in [3.8, 4) is 0 Å². The number of carbonyl (C=O) groups is 6. The van der Waals surface area contributed by atoms with Crippen molar-refractivity contribution in [1.29, 1.82) is 0 Å². The molecule has 0 bridgehead atoms. The van der Waals surface area contributed by atoms with Gasteiger partial charge in [0.15, 0.2) is 0 Å². The zero-order valence-corrected chi connectivity index (χ0v) is 23.3. The normalized spacial score (nSPS) is 17.6. The first-order valence-corrected chi connectivity index (χ1v) is 13.2. The third-order valence-electron chi connectivity index (χ3n) is 6.71. The Morgan fingerprint density at radius 2 is 1.73 bits per heavy atom. The fraction of sp³-hybridized carbons (Fsp3) is 0.500. The molecule has 40 heavy (non-hydrogen) atoms. The van der Waals surface area contributed by atoms with Crippen molar-refractivity contribution in [3.05, 3.63) is 48.6 Å². The van der Waals surface area contributed by atoms with Crippen LogP contribution in [-0.2, 0) is 35.3 Å². The maximum absolute atomic E-state index is 15.6. The van der Waals surface area contributed by atoms with E-state index in [0.717, 1.165) is 0 Å². The van der Waals surface area contributed by atoms with Gasteiger partial charge in [0.25, 0.3) is 11.6 Å². The van der Waals surface area contributed by atoms with E-state index in [0.29, 0.717) is 18.1 Å². The second kappa shape index (κ2) is 14.3. The minimum Gasteiger partial charge on any atom is -0.359 e. The highest BCUT2D eigenvalue weighted by molar-refractivity contribution is 6.14. The number of rotatable bonds is 13. The molecule has 4 N–H and O–H groups in total. The van der Waals surface area contributed by atoms with Gasteiger partial charge in [-0.2, -0.15) is 0 Å². The Morgan fingerprint density at radius 3 is 2.30 bits per heavy atom. The monoisotopic (exact) mass is 559 g/mol. The molecule has 1 aliphatic rings. The van der Waals surface area contributed by atoms with Crippen LogP contribution in [0.1, 0.15) is 45.6 Å². The lowest BCUT2D eigenvalue weighted by Crippen LogP contribution is -2.58. The summed E-state index contributed by atoms with van der Waals surface area (Å²) >= 11 is 0. The zero-order chi connectivity index (χ0) is 30.0. The Labute approximate surface area is 233 Å². The molecular formula is C28H38FN5O6. The van der Waals surface area contributed by atoms with Crippen molar-refractivity contribution in [1.82, 2.24) is 26.2 Å². The molecule has 0 saturated carbocycles. The highest BCUT2D eigenvalue weighted by Gasteiger charge is 2.47. The number of hydrogen-bond acceptors (Lipinski definition) is 6. The Hall–Kier alpha value is -4.09. The molecule has 1 fully saturated rings. The van der Waals surface area contributed by atoms with E-state index in [-0.39, 0.29) is 25.4 Å². The highest BCUT2D eigenvalue weighted by Crippen LogP contribution is 2.22. The average molecular weight is 560 g/mol. The first kappa shape index (κ1) is 32.1. The van der Waals surface area contributed by atoms with E-state index in [9.17, 15) is 28.8 Å². The summed E-state index contributed by atoms with van der Waals surface area (Å²) in [6.07, 6.45) is 0.919. The summed E-state index contributed by atoms with van der Waals surface area (Å²) in [5.41, 5.74) is -2.39. The molecular weight excluding hydrogens is 521 g/mol. The van der Waals surface area contributed by atoms with E-state index in [1.165, 1.54) is 18.9 Å². The second-order valence-electron chi connectivity index (χ2n) is 10.0. The van der Waals surface area contributed by atoms with Crippen molar-refractivity contribution in [2.24, 2.45) is 5.92 Å². The summed E-state index contributed by atoms with van der Waals surface area (Å²) in [6.45, 7) is 8.21. The number of nitrogens with one attached hydrogen (secondary N) is 4. The molecule has 218 valence electrons. The zero-order valence-electron chi connectivity index (χ0n) is 23.3. The number of benzene rings is 1. The summed E-state index contributed by atoms with van der Waals surface area (Å²) < 4.78 is 15.6. The van der Waals surface area contributed by atoms with Crippen LogP contribution in [0.5, 0.6) is 0 Å². The van der Waals surface area contributed by atoms with Gasteiger partial charge in [0, 0.05) is 20.1 Å². The summed E-state index contributed by atoms with van der Waals surface area (Å²) in [6, 6.07) is 5.37. The van der Waals surface area contributed by atoms with Crippen LogP contribution < -0.4 is 21.3 Å². The van der Waals surface area contributed by atoms with Crippen LogP contribution in [0.3, 0.4) is 0 Å². The Bertz CT molecular complexity index is 1130. The molecule has 5 amide bonds. The van der Waals surface area contributed by atoms with E-state index < -0.39 is 65.5 Å². The Balaban J connectivity index is 2.07. The summed E-state index contributed by atoms with van der Waals surface area (Å²) in [5.74, 6) is -5.12. The number of halogens is 1. The molecule has 1 aromatic rings. The van der Waals surface area contributed by atoms with Gasteiger partial charge in [0.05, 0.1) is 6.04 Å². The van der Waals surface area contributed by atoms with Gasteiger partial charge in [0.2, 0.25) is 29.4 Å². The fourth-order valence-corrected chi connectivity index (χ4v) is 4.36. The third-order valence-corrected chi connectivity index (χ3v) is 6.71. The number of carbonyl (C=O) groups excluding carboxylic acids is 6. The van der Waals surface area contributed by atoms with Crippen molar-refractivity contribution < 1.29 is 33.2 Å². The van der Waals surface area contributed by atoms with Gasteiger partial charge >= 0.3 is 0 Å². The molecule has 0 aromatic heterocycles. The van der Waals surface area contributed by atoms with Crippen LogP contribution in [0.4, 0.5) is 4.39 Å². The average Bonchev–Trinajstić information content (AvgIpc) is 3.44. The lowest BCUT2D eigenvalue weighted by Gasteiger charge is -2.31. The molecule has 1 aromatic carbocycles. The van der Waals surface area contributed by atoms with Gasteiger partial charge in [-0.1, -0.05) is 50.8 Å². The van der Waals surface area contributed by atoms with Crippen molar-refractivity contribution >= 4 is 35.3 Å². The van der Waals surface area contributed by atoms with Crippen LogP contribution in [0.2, 0.25) is 0 Å². The first-order chi connectivity index (χ1) is 18.8. The molecule has 0 radical (unpaired) electrons.